The Morgan fingerprint density at radius 2 is 1.95 bits per heavy atom. The zero-order chi connectivity index (χ0) is 15.1. The minimum atomic E-state index is 0.0509. The second kappa shape index (κ2) is 5.26. The number of benzene rings is 1. The van der Waals surface area contributed by atoms with Gasteiger partial charge in [-0.25, -0.2) is 0 Å². The second-order valence-corrected chi connectivity index (χ2v) is 6.48. The Labute approximate surface area is 125 Å². The van der Waals surface area contributed by atoms with E-state index in [1.165, 1.54) is 5.56 Å². The molecule has 0 radical (unpaired) electrons. The summed E-state index contributed by atoms with van der Waals surface area (Å²) in [5.41, 5.74) is 5.14. The lowest BCUT2D eigenvalue weighted by Crippen LogP contribution is -2.34. The van der Waals surface area contributed by atoms with Crippen molar-refractivity contribution >= 4 is 17.4 Å². The summed E-state index contributed by atoms with van der Waals surface area (Å²) in [7, 11) is 4.02. The Balaban J connectivity index is 2.07. The first kappa shape index (κ1) is 14.3. The number of carbonyl (C=O) groups is 2. The first-order valence-corrected chi connectivity index (χ1v) is 7.61. The van der Waals surface area contributed by atoms with Crippen LogP contribution in [0.5, 0.6) is 0 Å². The predicted molar refractivity (Wildman–Crippen MR) is 82.8 cm³/mol. The van der Waals surface area contributed by atoms with Crippen molar-refractivity contribution in [1.82, 2.24) is 4.90 Å². The van der Waals surface area contributed by atoms with Crippen LogP contribution in [0, 0.1) is 12.8 Å². The summed E-state index contributed by atoms with van der Waals surface area (Å²) in [4.78, 5) is 26.6. The highest BCUT2D eigenvalue weighted by Gasteiger charge is 2.33. The molecule has 0 bridgehead atoms. The summed E-state index contributed by atoms with van der Waals surface area (Å²) in [6, 6.07) is 2.03. The van der Waals surface area contributed by atoms with Crippen LogP contribution in [0.2, 0.25) is 0 Å². The Morgan fingerprint density at radius 3 is 2.67 bits per heavy atom. The number of ketones is 1. The molecule has 1 aliphatic carbocycles. The number of nitrogens with zero attached hydrogens (tertiary/aromatic N) is 1. The van der Waals surface area contributed by atoms with Gasteiger partial charge >= 0.3 is 0 Å². The molecule has 1 aromatic rings. The van der Waals surface area contributed by atoms with Gasteiger partial charge in [0.1, 0.15) is 0 Å². The van der Waals surface area contributed by atoms with E-state index in [-0.39, 0.29) is 17.6 Å². The maximum atomic E-state index is 12.9. The summed E-state index contributed by atoms with van der Waals surface area (Å²) >= 11 is 0. The van der Waals surface area contributed by atoms with Gasteiger partial charge in [-0.05, 0) is 63.0 Å². The summed E-state index contributed by atoms with van der Waals surface area (Å²) in [6.45, 7) is 2.84. The van der Waals surface area contributed by atoms with Crippen LogP contribution in [0.4, 0.5) is 5.69 Å². The smallest absolute Gasteiger partial charge is 0.224 e. The van der Waals surface area contributed by atoms with Gasteiger partial charge in [-0.2, -0.15) is 0 Å². The highest BCUT2D eigenvalue weighted by molar-refractivity contribution is 6.05. The first-order chi connectivity index (χ1) is 9.97. The molecule has 1 aromatic carbocycles. The van der Waals surface area contributed by atoms with E-state index in [9.17, 15) is 9.59 Å². The number of hydrogen-bond donors (Lipinski definition) is 1. The van der Waals surface area contributed by atoms with Gasteiger partial charge in [0.25, 0.3) is 0 Å². The van der Waals surface area contributed by atoms with Crippen LogP contribution in [0.15, 0.2) is 6.07 Å². The highest BCUT2D eigenvalue weighted by atomic mass is 16.1. The van der Waals surface area contributed by atoms with Crippen molar-refractivity contribution in [2.45, 2.75) is 32.6 Å². The second-order valence-electron chi connectivity index (χ2n) is 6.48. The molecule has 1 aliphatic heterocycles. The van der Waals surface area contributed by atoms with E-state index < -0.39 is 0 Å². The fraction of sp³-hybridized carbons (Fsp3) is 0.529. The Morgan fingerprint density at radius 1 is 1.19 bits per heavy atom. The number of amides is 1. The Kier molecular flexibility index (Phi) is 3.57. The average molecular weight is 286 g/mol. The maximum absolute atomic E-state index is 12.9. The van der Waals surface area contributed by atoms with Crippen LogP contribution in [0.3, 0.4) is 0 Å². The number of anilines is 1. The molecule has 4 nitrogen and oxygen atoms in total. The molecule has 4 heteroatoms. The van der Waals surface area contributed by atoms with Crippen LogP contribution in [0.1, 0.15) is 39.9 Å². The molecule has 0 saturated carbocycles. The first-order valence-electron chi connectivity index (χ1n) is 7.61. The lowest BCUT2D eigenvalue weighted by atomic mass is 9.76. The lowest BCUT2D eigenvalue weighted by molar-refractivity contribution is -0.116. The third-order valence-corrected chi connectivity index (χ3v) is 4.59. The van der Waals surface area contributed by atoms with Crippen molar-refractivity contribution in [3.8, 4) is 0 Å². The molecule has 3 rings (SSSR count). The summed E-state index contributed by atoms with van der Waals surface area (Å²) in [6.07, 6.45) is 3.06. The van der Waals surface area contributed by atoms with Crippen LogP contribution < -0.4 is 5.32 Å². The molecule has 112 valence electrons. The molecule has 1 N–H and O–H groups in total. The van der Waals surface area contributed by atoms with Gasteiger partial charge in [0.05, 0.1) is 0 Å². The molecule has 1 atom stereocenters. The van der Waals surface area contributed by atoms with Gasteiger partial charge < -0.3 is 10.2 Å². The lowest BCUT2D eigenvalue weighted by Gasteiger charge is -2.31. The zero-order valence-corrected chi connectivity index (χ0v) is 13.0. The third kappa shape index (κ3) is 2.48. The molecule has 0 fully saturated rings. The molecule has 1 heterocycles. The number of hydrogen-bond acceptors (Lipinski definition) is 3. The quantitative estimate of drug-likeness (QED) is 0.906. The molecule has 2 aliphatic rings. The zero-order valence-electron chi connectivity index (χ0n) is 13.0. The average Bonchev–Trinajstić information content (AvgIpc) is 2.41. The molecule has 1 amide bonds. The van der Waals surface area contributed by atoms with Crippen molar-refractivity contribution in [1.29, 1.82) is 0 Å². The van der Waals surface area contributed by atoms with Crippen molar-refractivity contribution in [3.05, 3.63) is 28.3 Å². The predicted octanol–water partition coefficient (Wildman–Crippen LogP) is 2.19. The van der Waals surface area contributed by atoms with E-state index in [0.717, 1.165) is 41.8 Å². The third-order valence-electron chi connectivity index (χ3n) is 4.59. The summed E-state index contributed by atoms with van der Waals surface area (Å²) < 4.78 is 0. The van der Waals surface area contributed by atoms with E-state index >= 15 is 0 Å². The topological polar surface area (TPSA) is 49.4 Å². The van der Waals surface area contributed by atoms with Gasteiger partial charge in [0.15, 0.2) is 5.78 Å². The molecular formula is C17H22N2O2. The van der Waals surface area contributed by atoms with Crippen molar-refractivity contribution < 1.29 is 9.59 Å². The normalized spacial score (nSPS) is 21.0. The fourth-order valence-electron chi connectivity index (χ4n) is 3.62. The number of carbonyl (C=O) groups excluding carboxylic acids is 2. The molecule has 21 heavy (non-hydrogen) atoms. The van der Waals surface area contributed by atoms with Crippen LogP contribution in [0.25, 0.3) is 0 Å². The van der Waals surface area contributed by atoms with Gasteiger partial charge in [-0.1, -0.05) is 0 Å². The highest BCUT2D eigenvalue weighted by Crippen LogP contribution is 2.37. The van der Waals surface area contributed by atoms with Gasteiger partial charge in [0, 0.05) is 30.1 Å². The molecule has 0 saturated heterocycles. The van der Waals surface area contributed by atoms with E-state index in [2.05, 4.69) is 10.2 Å². The van der Waals surface area contributed by atoms with Crippen LogP contribution in [-0.4, -0.2) is 37.2 Å². The molecule has 1 unspecified atom stereocenters. The van der Waals surface area contributed by atoms with Crippen LogP contribution in [-0.2, 0) is 17.6 Å². The van der Waals surface area contributed by atoms with Crippen molar-refractivity contribution in [2.75, 3.05) is 26.0 Å². The fourth-order valence-corrected chi connectivity index (χ4v) is 3.62. The van der Waals surface area contributed by atoms with Gasteiger partial charge in [-0.3, -0.25) is 9.59 Å². The van der Waals surface area contributed by atoms with E-state index in [4.69, 9.17) is 0 Å². The minimum Gasteiger partial charge on any atom is -0.326 e. The molecule has 0 aromatic heterocycles. The minimum absolute atomic E-state index is 0.0509. The van der Waals surface area contributed by atoms with E-state index in [0.29, 0.717) is 12.8 Å². The SMILES string of the molecule is Cc1cc2c(c3c1CCC(CN(C)C)C3=O)CCC(=O)N2. The number of Topliss-reactive ketones (excluding diaryl/α,β-unsaturated/α-hetero) is 1. The monoisotopic (exact) mass is 286 g/mol. The number of nitrogens with one attached hydrogen (secondary N) is 1. The van der Waals surface area contributed by atoms with Crippen molar-refractivity contribution in [3.63, 3.8) is 0 Å². The van der Waals surface area contributed by atoms with Gasteiger partial charge in [-0.15, -0.1) is 0 Å². The maximum Gasteiger partial charge on any atom is 0.224 e. The number of rotatable bonds is 2. The van der Waals surface area contributed by atoms with Crippen molar-refractivity contribution in [2.24, 2.45) is 5.92 Å². The Hall–Kier alpha value is -1.68. The number of aryl methyl sites for hydroxylation is 1. The van der Waals surface area contributed by atoms with E-state index in [1.54, 1.807) is 0 Å². The standard InChI is InChI=1S/C17H22N2O2/c1-10-8-14-13(6-7-15(20)18-14)16-12(10)5-4-11(17(16)21)9-19(2)3/h8,11H,4-7,9H2,1-3H3,(H,18,20). The molecule has 0 spiro atoms. The Bertz CT molecular complexity index is 620. The number of fused-ring (bicyclic) bond motifs is 3. The van der Waals surface area contributed by atoms with E-state index in [1.807, 2.05) is 27.1 Å². The largest absolute Gasteiger partial charge is 0.326 e. The summed E-state index contributed by atoms with van der Waals surface area (Å²) in [5, 5.41) is 2.93. The molecular weight excluding hydrogens is 264 g/mol. The van der Waals surface area contributed by atoms with Crippen LogP contribution >= 0.6 is 0 Å². The van der Waals surface area contributed by atoms with Gasteiger partial charge in [0.2, 0.25) is 5.91 Å². The summed E-state index contributed by atoms with van der Waals surface area (Å²) in [5.74, 6) is 0.395.